The van der Waals surface area contributed by atoms with Crippen molar-refractivity contribution in [2.24, 2.45) is 0 Å². The third-order valence-corrected chi connectivity index (χ3v) is 13.7. The van der Waals surface area contributed by atoms with Crippen molar-refractivity contribution in [1.29, 1.82) is 0 Å². The zero-order chi connectivity index (χ0) is 52.4. The Balaban J connectivity index is 1.28. The van der Waals surface area contributed by atoms with Crippen molar-refractivity contribution in [3.8, 4) is 89.0 Å². The van der Waals surface area contributed by atoms with Crippen LogP contribution in [0.15, 0.2) is 206 Å². The molecule has 0 radical (unpaired) electrons. The largest absolute Gasteiger partial charge is 0.327 e. The van der Waals surface area contributed by atoms with Gasteiger partial charge in [-0.3, -0.25) is 0 Å². The average Bonchev–Trinajstić information content (AvgIpc) is 3.36. The molecule has 4 nitrogen and oxygen atoms in total. The fourth-order valence-electron chi connectivity index (χ4n) is 10.7. The molecule has 0 saturated heterocycles. The Bertz CT molecular complexity index is 3100. The second-order valence-corrected chi connectivity index (χ2v) is 24.7. The number of rotatable bonds is 16. The minimum Gasteiger partial charge on any atom is -0.327 e. The molecule has 9 aromatic carbocycles. The number of quaternary nitrogens is 4. The van der Waals surface area contributed by atoms with Crippen LogP contribution in [0.3, 0.4) is 0 Å². The molecule has 0 spiro atoms. The summed E-state index contributed by atoms with van der Waals surface area (Å²) in [6, 6.07) is 78.2. The normalized spacial score (nSPS) is 12.3. The Morgan fingerprint density at radius 3 is 0.554 bits per heavy atom. The van der Waals surface area contributed by atoms with Gasteiger partial charge in [-0.15, -0.1) is 0 Å². The summed E-state index contributed by atoms with van der Waals surface area (Å²) in [5.41, 5.74) is 24.7. The van der Waals surface area contributed by atoms with E-state index in [2.05, 4.69) is 291 Å². The smallest absolute Gasteiger partial charge is 0.104 e. The minimum atomic E-state index is 0.874. The van der Waals surface area contributed by atoms with Gasteiger partial charge in [-0.2, -0.15) is 0 Å². The molecule has 0 aliphatic rings. The molecule has 0 saturated carbocycles. The van der Waals surface area contributed by atoms with Gasteiger partial charge in [0.1, 0.15) is 26.2 Å². The fraction of sp³-hybridized carbons (Fsp3) is 0.229. The molecule has 0 N–H and O–H groups in total. The highest BCUT2D eigenvalue weighted by Crippen LogP contribution is 2.49. The topological polar surface area (TPSA) is 0 Å². The van der Waals surface area contributed by atoms with Gasteiger partial charge in [-0.25, -0.2) is 0 Å². The van der Waals surface area contributed by atoms with E-state index in [1.807, 2.05) is 0 Å². The van der Waals surface area contributed by atoms with Crippen molar-refractivity contribution in [3.63, 3.8) is 0 Å². The Morgan fingerprint density at radius 1 is 0.189 bits per heavy atom. The number of hydrogen-bond acceptors (Lipinski definition) is 0. The number of hydrogen-bond donors (Lipinski definition) is 0. The highest BCUT2D eigenvalue weighted by atomic mass is 15.3. The van der Waals surface area contributed by atoms with Gasteiger partial charge in [0.05, 0.1) is 84.6 Å². The molecule has 0 aliphatic heterocycles. The van der Waals surface area contributed by atoms with Crippen LogP contribution >= 0.6 is 0 Å². The van der Waals surface area contributed by atoms with Crippen LogP contribution in [0.1, 0.15) is 22.3 Å². The summed E-state index contributed by atoms with van der Waals surface area (Å²) in [4.78, 5) is 0. The molecule has 9 rings (SSSR count). The van der Waals surface area contributed by atoms with Crippen LogP contribution in [0.2, 0.25) is 0 Å². The summed E-state index contributed by atoms with van der Waals surface area (Å²) in [5.74, 6) is 0. The number of nitrogens with zero attached hydrogens (tertiary/aromatic N) is 4. The van der Waals surface area contributed by atoms with Crippen LogP contribution < -0.4 is 0 Å². The maximum absolute atomic E-state index is 2.38. The summed E-state index contributed by atoms with van der Waals surface area (Å²) >= 11 is 0. The summed E-state index contributed by atoms with van der Waals surface area (Å²) in [7, 11) is 27.1. The van der Waals surface area contributed by atoms with Gasteiger partial charge < -0.3 is 17.9 Å². The third kappa shape index (κ3) is 12.6. The Labute approximate surface area is 444 Å². The minimum absolute atomic E-state index is 0.874. The molecule has 0 aliphatic carbocycles. The van der Waals surface area contributed by atoms with E-state index in [4.69, 9.17) is 0 Å². The van der Waals surface area contributed by atoms with E-state index in [1.165, 1.54) is 111 Å². The van der Waals surface area contributed by atoms with Gasteiger partial charge in [0.15, 0.2) is 0 Å². The molecule has 0 fully saturated rings. The van der Waals surface area contributed by atoms with Crippen molar-refractivity contribution in [1.82, 2.24) is 0 Å². The first kappa shape index (κ1) is 51.7. The van der Waals surface area contributed by atoms with Crippen LogP contribution in [-0.4, -0.2) is 103 Å². The SMILES string of the molecule is C[N+](C)(C)Cc1ccc(-c2ccc(-c3ccc(C[N+](C)(C)C)cc3)c(-c3ccc(-c4c(-c5ccc(C[N+](C)(C)C)cc5)ccc(-c5ccc(C[N+](C)(C)C)cc5)c4-c4ccccc4)cc3)c2-c2ccccc2)cc1. The highest BCUT2D eigenvalue weighted by molar-refractivity contribution is 6.04. The van der Waals surface area contributed by atoms with Gasteiger partial charge >= 0.3 is 0 Å². The van der Waals surface area contributed by atoms with Gasteiger partial charge in [0.2, 0.25) is 0 Å². The molecule has 74 heavy (non-hydrogen) atoms. The molecular weight excluding hydrogens is 897 g/mol. The summed E-state index contributed by atoms with van der Waals surface area (Å²) in [5, 5.41) is 0. The van der Waals surface area contributed by atoms with Gasteiger partial charge in [-0.05, 0) is 89.0 Å². The predicted octanol–water partition coefficient (Wildman–Crippen LogP) is 15.8. The standard InChI is InChI=1S/C70H78N4/c1-71(2,3)47-51-23-31-55(32-24-51)63-43-45-65(57-35-27-53(28-36-57)49-73(7,8)9)69(67(63)59-19-15-13-16-20-59)61-39-41-62(42-40-61)70-66(58-37-29-54(30-38-58)50-74(10,11)12)46-44-64(68(70)60-21-17-14-18-22-60)56-33-25-52(26-34-56)48-72(4,5)6/h13-46H,47-50H2,1-12H3/q+4. The van der Waals surface area contributed by atoms with Crippen molar-refractivity contribution in [2.75, 3.05) is 84.6 Å². The highest BCUT2D eigenvalue weighted by Gasteiger charge is 2.24. The molecule has 9 aromatic rings. The predicted molar refractivity (Wildman–Crippen MR) is 317 cm³/mol. The second kappa shape index (κ2) is 21.0. The van der Waals surface area contributed by atoms with E-state index in [0.29, 0.717) is 0 Å². The third-order valence-electron chi connectivity index (χ3n) is 13.7. The molecular formula is C70H78N4+4. The first-order valence-electron chi connectivity index (χ1n) is 26.3. The lowest BCUT2D eigenvalue weighted by Crippen LogP contribution is -2.33. The van der Waals surface area contributed by atoms with Crippen molar-refractivity contribution in [2.45, 2.75) is 26.2 Å². The summed E-state index contributed by atoms with van der Waals surface area (Å²) < 4.78 is 3.50. The molecule has 0 amide bonds. The van der Waals surface area contributed by atoms with E-state index < -0.39 is 0 Å². The van der Waals surface area contributed by atoms with Crippen LogP contribution in [0.25, 0.3) is 89.0 Å². The van der Waals surface area contributed by atoms with E-state index >= 15 is 0 Å². The Morgan fingerprint density at radius 2 is 0.365 bits per heavy atom. The average molecular weight is 975 g/mol. The molecule has 374 valence electrons. The first-order valence-corrected chi connectivity index (χ1v) is 26.3. The van der Waals surface area contributed by atoms with Crippen molar-refractivity contribution < 1.29 is 17.9 Å². The molecule has 0 atom stereocenters. The van der Waals surface area contributed by atoms with Crippen LogP contribution in [0.5, 0.6) is 0 Å². The first-order chi connectivity index (χ1) is 35.1. The van der Waals surface area contributed by atoms with Crippen LogP contribution in [0, 0.1) is 0 Å². The fourth-order valence-corrected chi connectivity index (χ4v) is 10.7. The lowest BCUT2D eigenvalue weighted by molar-refractivity contribution is -0.884. The van der Waals surface area contributed by atoms with Crippen LogP contribution in [0.4, 0.5) is 0 Å². The number of benzene rings is 9. The quantitative estimate of drug-likeness (QED) is 0.0847. The van der Waals surface area contributed by atoms with Crippen LogP contribution in [-0.2, 0) is 26.2 Å². The van der Waals surface area contributed by atoms with E-state index in [1.54, 1.807) is 0 Å². The monoisotopic (exact) mass is 975 g/mol. The maximum Gasteiger partial charge on any atom is 0.104 e. The van der Waals surface area contributed by atoms with E-state index in [0.717, 1.165) is 44.1 Å². The van der Waals surface area contributed by atoms with Gasteiger partial charge in [0.25, 0.3) is 0 Å². The lowest BCUT2D eigenvalue weighted by atomic mass is 9.81. The molecule has 0 heterocycles. The molecule has 0 unspecified atom stereocenters. The zero-order valence-electron chi connectivity index (χ0n) is 46.2. The second-order valence-electron chi connectivity index (χ2n) is 24.7. The van der Waals surface area contributed by atoms with E-state index in [9.17, 15) is 0 Å². The maximum atomic E-state index is 2.38. The zero-order valence-corrected chi connectivity index (χ0v) is 46.2. The Kier molecular flexibility index (Phi) is 14.7. The van der Waals surface area contributed by atoms with E-state index in [-0.39, 0.29) is 0 Å². The molecule has 0 bridgehead atoms. The molecule has 0 aromatic heterocycles. The Hall–Kier alpha value is -7.18. The lowest BCUT2D eigenvalue weighted by Gasteiger charge is -2.25. The van der Waals surface area contributed by atoms with Crippen molar-refractivity contribution >= 4 is 0 Å². The molecule has 4 heteroatoms. The van der Waals surface area contributed by atoms with Crippen molar-refractivity contribution in [3.05, 3.63) is 229 Å². The summed E-state index contributed by atoms with van der Waals surface area (Å²) in [6.07, 6.45) is 0. The van der Waals surface area contributed by atoms with Gasteiger partial charge in [-0.1, -0.05) is 206 Å². The summed E-state index contributed by atoms with van der Waals surface area (Å²) in [6.45, 7) is 3.86. The van der Waals surface area contributed by atoms with Gasteiger partial charge in [0, 0.05) is 22.3 Å².